The molecule has 0 bridgehead atoms. The van der Waals surface area contributed by atoms with Crippen LogP contribution < -0.4 is 20.1 Å². The summed E-state index contributed by atoms with van der Waals surface area (Å²) in [4.78, 5) is 4.64. The fourth-order valence-electron chi connectivity index (χ4n) is 2.08. The van der Waals surface area contributed by atoms with Gasteiger partial charge in [0.05, 0.1) is 20.3 Å². The number of nitrogens with zero attached hydrogens (tertiary/aromatic N) is 1. The maximum atomic E-state index is 5.61. The summed E-state index contributed by atoms with van der Waals surface area (Å²) in [6, 6.07) is 5.93. The number of hydrogen-bond acceptors (Lipinski definition) is 3. The molecule has 0 fully saturated rings. The molecule has 23 heavy (non-hydrogen) atoms. The number of nitrogens with one attached hydrogen (secondary N) is 2. The molecule has 0 saturated carbocycles. The zero-order valence-corrected chi connectivity index (χ0v) is 15.1. The Morgan fingerprint density at radius 2 is 1.96 bits per heavy atom. The summed E-state index contributed by atoms with van der Waals surface area (Å²) < 4.78 is 10.9. The Balaban J connectivity index is 2.72. The highest BCUT2D eigenvalue weighted by molar-refractivity contribution is 5.79. The number of ether oxygens (including phenoxy) is 2. The Morgan fingerprint density at radius 3 is 2.57 bits per heavy atom. The lowest BCUT2D eigenvalue weighted by Gasteiger charge is -2.13. The van der Waals surface area contributed by atoms with Gasteiger partial charge in [-0.25, -0.2) is 4.99 Å². The summed E-state index contributed by atoms with van der Waals surface area (Å²) in [6.07, 6.45) is 1.13. The van der Waals surface area contributed by atoms with Crippen molar-refractivity contribution in [3.63, 3.8) is 0 Å². The SMILES string of the molecule is CCNC(=NCc1ccc(OC)c(OCC)c1)NCCC(C)C. The van der Waals surface area contributed by atoms with Crippen LogP contribution in [-0.2, 0) is 6.54 Å². The third-order valence-electron chi connectivity index (χ3n) is 3.31. The Bertz CT molecular complexity index is 487. The van der Waals surface area contributed by atoms with Crippen LogP contribution in [0.5, 0.6) is 11.5 Å². The van der Waals surface area contributed by atoms with E-state index >= 15 is 0 Å². The fourth-order valence-corrected chi connectivity index (χ4v) is 2.08. The second kappa shape index (κ2) is 10.8. The molecule has 0 spiro atoms. The summed E-state index contributed by atoms with van der Waals surface area (Å²) in [5.74, 6) is 3.05. The van der Waals surface area contributed by atoms with Crippen molar-refractivity contribution in [3.05, 3.63) is 23.8 Å². The van der Waals surface area contributed by atoms with Crippen LogP contribution in [-0.4, -0.2) is 32.8 Å². The third-order valence-corrected chi connectivity index (χ3v) is 3.31. The molecular weight excluding hydrogens is 290 g/mol. The van der Waals surface area contributed by atoms with E-state index in [0.717, 1.165) is 42.5 Å². The lowest BCUT2D eigenvalue weighted by atomic mass is 10.1. The Morgan fingerprint density at radius 1 is 1.17 bits per heavy atom. The minimum atomic E-state index is 0.598. The van der Waals surface area contributed by atoms with Crippen molar-refractivity contribution in [2.75, 3.05) is 26.8 Å². The van der Waals surface area contributed by atoms with E-state index in [1.54, 1.807) is 7.11 Å². The quantitative estimate of drug-likeness (QED) is 0.542. The molecule has 1 aromatic rings. The average molecular weight is 321 g/mol. The second-order valence-corrected chi connectivity index (χ2v) is 5.72. The smallest absolute Gasteiger partial charge is 0.191 e. The molecule has 0 atom stereocenters. The molecule has 0 aliphatic heterocycles. The van der Waals surface area contributed by atoms with E-state index in [9.17, 15) is 0 Å². The van der Waals surface area contributed by atoms with E-state index in [1.807, 2.05) is 25.1 Å². The van der Waals surface area contributed by atoms with E-state index in [2.05, 4.69) is 36.4 Å². The molecule has 5 nitrogen and oxygen atoms in total. The Labute approximate surface area is 140 Å². The van der Waals surface area contributed by atoms with Crippen LogP contribution in [0.15, 0.2) is 23.2 Å². The minimum absolute atomic E-state index is 0.598. The topological polar surface area (TPSA) is 54.9 Å². The lowest BCUT2D eigenvalue weighted by Crippen LogP contribution is -2.38. The van der Waals surface area contributed by atoms with E-state index in [1.165, 1.54) is 0 Å². The van der Waals surface area contributed by atoms with Crippen molar-refractivity contribution < 1.29 is 9.47 Å². The summed E-state index contributed by atoms with van der Waals surface area (Å²) in [5.41, 5.74) is 1.09. The van der Waals surface area contributed by atoms with Gasteiger partial charge in [-0.1, -0.05) is 19.9 Å². The van der Waals surface area contributed by atoms with Crippen LogP contribution in [0.2, 0.25) is 0 Å². The molecule has 0 radical (unpaired) electrons. The van der Waals surface area contributed by atoms with Gasteiger partial charge < -0.3 is 20.1 Å². The van der Waals surface area contributed by atoms with E-state index in [0.29, 0.717) is 19.1 Å². The van der Waals surface area contributed by atoms with Gasteiger partial charge in [0.25, 0.3) is 0 Å². The molecule has 130 valence electrons. The third kappa shape index (κ3) is 7.26. The molecular formula is C18H31N3O2. The zero-order valence-electron chi connectivity index (χ0n) is 15.1. The molecule has 1 rings (SSSR count). The van der Waals surface area contributed by atoms with Crippen molar-refractivity contribution in [2.45, 2.75) is 40.7 Å². The maximum Gasteiger partial charge on any atom is 0.191 e. The molecule has 0 aliphatic carbocycles. The van der Waals surface area contributed by atoms with Crippen molar-refractivity contribution in [1.82, 2.24) is 10.6 Å². The molecule has 1 aromatic carbocycles. The number of methoxy groups -OCH3 is 1. The molecule has 0 saturated heterocycles. The van der Waals surface area contributed by atoms with Crippen molar-refractivity contribution in [3.8, 4) is 11.5 Å². The highest BCUT2D eigenvalue weighted by Crippen LogP contribution is 2.28. The largest absolute Gasteiger partial charge is 0.493 e. The predicted molar refractivity (Wildman–Crippen MR) is 96.4 cm³/mol. The number of benzene rings is 1. The van der Waals surface area contributed by atoms with Gasteiger partial charge in [0.15, 0.2) is 17.5 Å². The van der Waals surface area contributed by atoms with Crippen molar-refractivity contribution >= 4 is 5.96 Å². The van der Waals surface area contributed by atoms with Crippen LogP contribution in [0.1, 0.15) is 39.7 Å². The highest BCUT2D eigenvalue weighted by atomic mass is 16.5. The van der Waals surface area contributed by atoms with E-state index in [4.69, 9.17) is 9.47 Å². The van der Waals surface area contributed by atoms with E-state index < -0.39 is 0 Å². The Hall–Kier alpha value is -1.91. The molecule has 0 aliphatic rings. The van der Waals surface area contributed by atoms with Crippen molar-refractivity contribution in [1.29, 1.82) is 0 Å². The molecule has 0 amide bonds. The van der Waals surface area contributed by atoms with Gasteiger partial charge in [-0.2, -0.15) is 0 Å². The number of hydrogen-bond donors (Lipinski definition) is 2. The summed E-state index contributed by atoms with van der Waals surface area (Å²) in [5, 5.41) is 6.64. The maximum absolute atomic E-state index is 5.61. The fraction of sp³-hybridized carbons (Fsp3) is 0.611. The Kier molecular flexibility index (Phi) is 8.95. The lowest BCUT2D eigenvalue weighted by molar-refractivity contribution is 0.310. The number of guanidine groups is 1. The molecule has 5 heteroatoms. The zero-order chi connectivity index (χ0) is 17.1. The van der Waals surface area contributed by atoms with Gasteiger partial charge >= 0.3 is 0 Å². The second-order valence-electron chi connectivity index (χ2n) is 5.72. The molecule has 0 aromatic heterocycles. The van der Waals surface area contributed by atoms with Crippen LogP contribution in [0.4, 0.5) is 0 Å². The van der Waals surface area contributed by atoms with Crippen LogP contribution in [0, 0.1) is 5.92 Å². The van der Waals surface area contributed by atoms with Gasteiger partial charge in [-0.15, -0.1) is 0 Å². The first kappa shape index (κ1) is 19.1. The first-order chi connectivity index (χ1) is 11.1. The van der Waals surface area contributed by atoms with Gasteiger partial charge in [0.2, 0.25) is 0 Å². The van der Waals surface area contributed by atoms with Crippen LogP contribution in [0.3, 0.4) is 0 Å². The molecule has 0 unspecified atom stereocenters. The summed E-state index contributed by atoms with van der Waals surface area (Å²) in [6.45, 7) is 11.5. The predicted octanol–water partition coefficient (Wildman–Crippen LogP) is 3.20. The summed E-state index contributed by atoms with van der Waals surface area (Å²) >= 11 is 0. The standard InChI is InChI=1S/C18H31N3O2/c1-6-19-18(20-11-10-14(3)4)21-13-15-8-9-16(22-5)17(12-15)23-7-2/h8-9,12,14H,6-7,10-11,13H2,1-5H3,(H2,19,20,21). The first-order valence-corrected chi connectivity index (χ1v) is 8.42. The van der Waals surface area contributed by atoms with Gasteiger partial charge in [-0.3, -0.25) is 0 Å². The van der Waals surface area contributed by atoms with Crippen molar-refractivity contribution in [2.24, 2.45) is 10.9 Å². The number of aliphatic imine (C=N–C) groups is 1. The average Bonchev–Trinajstić information content (AvgIpc) is 2.53. The molecule has 0 heterocycles. The normalized spacial score (nSPS) is 11.5. The molecule has 2 N–H and O–H groups in total. The van der Waals surface area contributed by atoms with E-state index in [-0.39, 0.29) is 0 Å². The minimum Gasteiger partial charge on any atom is -0.493 e. The first-order valence-electron chi connectivity index (χ1n) is 8.42. The van der Waals surface area contributed by atoms with Crippen LogP contribution >= 0.6 is 0 Å². The van der Waals surface area contributed by atoms with Gasteiger partial charge in [0, 0.05) is 13.1 Å². The van der Waals surface area contributed by atoms with Gasteiger partial charge in [0.1, 0.15) is 0 Å². The summed E-state index contributed by atoms with van der Waals surface area (Å²) in [7, 11) is 1.65. The van der Waals surface area contributed by atoms with Crippen LogP contribution in [0.25, 0.3) is 0 Å². The van der Waals surface area contributed by atoms with Gasteiger partial charge in [-0.05, 0) is 43.9 Å². The monoisotopic (exact) mass is 321 g/mol. The highest BCUT2D eigenvalue weighted by Gasteiger charge is 2.05. The number of rotatable bonds is 9.